The van der Waals surface area contributed by atoms with Crippen molar-refractivity contribution >= 4 is 11.6 Å². The molecule has 0 saturated heterocycles. The largest absolute Gasteiger partial charge is 0.493 e. The molecule has 1 N–H and O–H groups in total. The third-order valence-electron chi connectivity index (χ3n) is 5.83. The van der Waals surface area contributed by atoms with Crippen LogP contribution in [0.3, 0.4) is 0 Å². The van der Waals surface area contributed by atoms with Gasteiger partial charge in [0.2, 0.25) is 5.82 Å². The molecule has 10 heteroatoms. The van der Waals surface area contributed by atoms with Crippen molar-refractivity contribution in [2.75, 3.05) is 34.5 Å². The Morgan fingerprint density at radius 1 is 1.09 bits per heavy atom. The molecule has 2 heterocycles. The Morgan fingerprint density at radius 2 is 1.83 bits per heavy atom. The molecule has 2 aromatic carbocycles. The van der Waals surface area contributed by atoms with Crippen LogP contribution in [0.2, 0.25) is 0 Å². The average Bonchev–Trinajstić information content (AvgIpc) is 3.35. The molecule has 0 bridgehead atoms. The summed E-state index contributed by atoms with van der Waals surface area (Å²) in [5, 5.41) is 7.14. The number of urea groups is 1. The van der Waals surface area contributed by atoms with Gasteiger partial charge in [0.15, 0.2) is 11.5 Å². The zero-order valence-corrected chi connectivity index (χ0v) is 20.0. The van der Waals surface area contributed by atoms with E-state index in [4.69, 9.17) is 18.7 Å². The van der Waals surface area contributed by atoms with Crippen molar-refractivity contribution in [3.63, 3.8) is 0 Å². The number of methoxy groups -OCH3 is 3. The third-order valence-corrected chi connectivity index (χ3v) is 5.83. The van der Waals surface area contributed by atoms with Crippen LogP contribution in [0.25, 0.3) is 17.0 Å². The fraction of sp³-hybridized carbons (Fsp3) is 0.320. The van der Waals surface area contributed by atoms with Crippen molar-refractivity contribution < 1.29 is 27.9 Å². The lowest BCUT2D eigenvalue weighted by molar-refractivity contribution is 0.174. The molecule has 35 heavy (non-hydrogen) atoms. The lowest BCUT2D eigenvalue weighted by Gasteiger charge is -2.35. The summed E-state index contributed by atoms with van der Waals surface area (Å²) in [5.74, 6) is 1.30. The number of carbonyl (C=O) groups excluding carboxylic acids is 1. The minimum Gasteiger partial charge on any atom is -0.493 e. The van der Waals surface area contributed by atoms with Gasteiger partial charge in [0.05, 0.1) is 25.8 Å². The van der Waals surface area contributed by atoms with E-state index in [2.05, 4.69) is 15.5 Å². The first-order valence-corrected chi connectivity index (χ1v) is 11.1. The maximum Gasteiger partial charge on any atom is 0.322 e. The van der Waals surface area contributed by atoms with Crippen LogP contribution in [0.5, 0.6) is 11.5 Å². The van der Waals surface area contributed by atoms with Gasteiger partial charge < -0.3 is 24.1 Å². The van der Waals surface area contributed by atoms with Crippen LogP contribution < -0.4 is 14.8 Å². The monoisotopic (exact) mass is 482 g/mol. The molecule has 0 fully saturated rings. The lowest BCUT2D eigenvalue weighted by Crippen LogP contribution is -2.46. The summed E-state index contributed by atoms with van der Waals surface area (Å²) in [6.45, 7) is 2.81. The standard InChI is InChI=1S/C25H27FN4O5/c1-15-21(24-28-23(29-35-24)16-6-9-18(26)10-7-16)22(27-25(31)30(15)12-5-13-32-2)17-8-11-19(33-3)20(14-17)34-4/h6-11,14,22H,5,12-13H2,1-4H3,(H,27,31). The number of rotatable bonds is 9. The molecule has 1 aliphatic heterocycles. The van der Waals surface area contributed by atoms with Gasteiger partial charge in [-0.3, -0.25) is 4.90 Å². The summed E-state index contributed by atoms with van der Waals surface area (Å²) in [6, 6.07) is 10.4. The maximum atomic E-state index is 13.4. The fourth-order valence-corrected chi connectivity index (χ4v) is 4.03. The van der Waals surface area contributed by atoms with E-state index in [1.165, 1.54) is 12.1 Å². The number of nitrogens with zero attached hydrogens (tertiary/aromatic N) is 3. The van der Waals surface area contributed by atoms with Crippen molar-refractivity contribution in [2.45, 2.75) is 19.4 Å². The second-order valence-corrected chi connectivity index (χ2v) is 7.92. The zero-order valence-electron chi connectivity index (χ0n) is 20.0. The number of nitrogens with one attached hydrogen (secondary N) is 1. The van der Waals surface area contributed by atoms with Crippen molar-refractivity contribution in [1.82, 2.24) is 20.4 Å². The van der Waals surface area contributed by atoms with Crippen molar-refractivity contribution in [3.8, 4) is 22.9 Å². The number of allylic oxidation sites excluding steroid dienone is 1. The van der Waals surface area contributed by atoms with Gasteiger partial charge in [0.25, 0.3) is 5.89 Å². The van der Waals surface area contributed by atoms with Gasteiger partial charge in [-0.25, -0.2) is 9.18 Å². The van der Waals surface area contributed by atoms with Crippen LogP contribution in [0.4, 0.5) is 9.18 Å². The van der Waals surface area contributed by atoms with E-state index in [0.29, 0.717) is 53.7 Å². The number of hydrogen-bond donors (Lipinski definition) is 1. The van der Waals surface area contributed by atoms with Crippen molar-refractivity contribution in [3.05, 3.63) is 65.4 Å². The van der Waals surface area contributed by atoms with Gasteiger partial charge in [-0.15, -0.1) is 0 Å². The Hall–Kier alpha value is -3.92. The van der Waals surface area contributed by atoms with E-state index in [-0.39, 0.29) is 17.7 Å². The highest BCUT2D eigenvalue weighted by molar-refractivity contribution is 5.87. The first kappa shape index (κ1) is 24.2. The maximum absolute atomic E-state index is 13.4. The highest BCUT2D eigenvalue weighted by atomic mass is 19.1. The van der Waals surface area contributed by atoms with Crippen LogP contribution in [0.15, 0.2) is 52.7 Å². The van der Waals surface area contributed by atoms with E-state index >= 15 is 0 Å². The van der Waals surface area contributed by atoms with Crippen LogP contribution in [-0.2, 0) is 4.74 Å². The molecule has 184 valence electrons. The van der Waals surface area contributed by atoms with E-state index in [9.17, 15) is 9.18 Å². The number of aromatic nitrogens is 2. The molecular weight excluding hydrogens is 455 g/mol. The zero-order chi connectivity index (χ0) is 24.9. The van der Waals surface area contributed by atoms with Crippen LogP contribution in [0.1, 0.15) is 30.8 Å². The van der Waals surface area contributed by atoms with Gasteiger partial charge in [-0.2, -0.15) is 4.98 Å². The predicted octanol–water partition coefficient (Wildman–Crippen LogP) is 4.43. The van der Waals surface area contributed by atoms with Crippen molar-refractivity contribution in [1.29, 1.82) is 0 Å². The van der Waals surface area contributed by atoms with Crippen LogP contribution in [-0.4, -0.2) is 55.6 Å². The Bertz CT molecular complexity index is 1220. The molecule has 4 rings (SSSR count). The van der Waals surface area contributed by atoms with Gasteiger partial charge in [-0.1, -0.05) is 11.2 Å². The molecule has 1 aromatic heterocycles. The molecule has 9 nitrogen and oxygen atoms in total. The van der Waals surface area contributed by atoms with Crippen LogP contribution in [0, 0.1) is 5.82 Å². The Kier molecular flexibility index (Phi) is 7.31. The van der Waals surface area contributed by atoms with Crippen molar-refractivity contribution in [2.24, 2.45) is 0 Å². The molecule has 0 saturated carbocycles. The van der Waals surface area contributed by atoms with E-state index in [1.54, 1.807) is 50.5 Å². The molecule has 1 aliphatic rings. The summed E-state index contributed by atoms with van der Waals surface area (Å²) in [6.07, 6.45) is 0.653. The van der Waals surface area contributed by atoms with E-state index in [1.807, 2.05) is 13.0 Å². The lowest BCUT2D eigenvalue weighted by atomic mass is 9.94. The highest BCUT2D eigenvalue weighted by Gasteiger charge is 2.36. The molecule has 1 atom stereocenters. The minimum atomic E-state index is -0.581. The number of halogens is 1. The number of hydrogen-bond acceptors (Lipinski definition) is 7. The highest BCUT2D eigenvalue weighted by Crippen LogP contribution is 2.40. The van der Waals surface area contributed by atoms with Gasteiger partial charge in [0.1, 0.15) is 5.82 Å². The van der Waals surface area contributed by atoms with Gasteiger partial charge in [0, 0.05) is 31.5 Å². The fourth-order valence-electron chi connectivity index (χ4n) is 4.03. The smallest absolute Gasteiger partial charge is 0.322 e. The summed E-state index contributed by atoms with van der Waals surface area (Å²) in [7, 11) is 4.73. The summed E-state index contributed by atoms with van der Waals surface area (Å²) >= 11 is 0. The second kappa shape index (κ2) is 10.6. The van der Waals surface area contributed by atoms with Gasteiger partial charge in [-0.05, 0) is 55.3 Å². The summed E-state index contributed by atoms with van der Waals surface area (Å²) in [5.41, 5.74) is 2.69. The number of carbonyl (C=O) groups is 1. The van der Waals surface area contributed by atoms with E-state index < -0.39 is 6.04 Å². The first-order chi connectivity index (χ1) is 17.0. The molecule has 1 unspecified atom stereocenters. The molecule has 0 radical (unpaired) electrons. The third kappa shape index (κ3) is 4.97. The molecule has 0 spiro atoms. The minimum absolute atomic E-state index is 0.248. The first-order valence-electron chi connectivity index (χ1n) is 11.1. The Balaban J connectivity index is 1.79. The average molecular weight is 483 g/mol. The quantitative estimate of drug-likeness (QED) is 0.451. The Morgan fingerprint density at radius 3 is 2.51 bits per heavy atom. The summed E-state index contributed by atoms with van der Waals surface area (Å²) < 4.78 is 35.0. The van der Waals surface area contributed by atoms with Gasteiger partial charge >= 0.3 is 6.03 Å². The number of amides is 2. The molecule has 0 aliphatic carbocycles. The molecule has 3 aromatic rings. The number of benzene rings is 2. The summed E-state index contributed by atoms with van der Waals surface area (Å²) in [4.78, 5) is 19.3. The van der Waals surface area contributed by atoms with Crippen LogP contribution >= 0.6 is 0 Å². The molecular formula is C25H27FN4O5. The van der Waals surface area contributed by atoms with E-state index in [0.717, 1.165) is 5.56 Å². The Labute approximate surface area is 202 Å². The molecule has 2 amide bonds. The SMILES string of the molecule is COCCCN1C(=O)NC(c2ccc(OC)c(OC)c2)C(c2nc(-c3ccc(F)cc3)no2)=C1C. The predicted molar refractivity (Wildman–Crippen MR) is 126 cm³/mol. The second-order valence-electron chi connectivity index (χ2n) is 7.92. The number of ether oxygens (including phenoxy) is 3. The normalized spacial score (nSPS) is 15.9. The topological polar surface area (TPSA) is 99.0 Å².